The summed E-state index contributed by atoms with van der Waals surface area (Å²) < 4.78 is 0. The molecule has 0 radical (unpaired) electrons. The van der Waals surface area contributed by atoms with Crippen LogP contribution in [0.3, 0.4) is 0 Å². The number of hydrogen-bond acceptors (Lipinski definition) is 7. The van der Waals surface area contributed by atoms with Crippen LogP contribution in [-0.2, 0) is 30.4 Å². The Balaban J connectivity index is 3.00. The fraction of sp³-hybridized carbons (Fsp3) is 0.560. The molecule has 0 bridgehead atoms. The van der Waals surface area contributed by atoms with Crippen molar-refractivity contribution in [3.8, 4) is 0 Å². The molecule has 12 heteroatoms. The molecule has 0 saturated carbocycles. The number of rotatable bonds is 17. The molecule has 1 aromatic rings. The third-order valence-electron chi connectivity index (χ3n) is 5.55. The highest BCUT2D eigenvalue weighted by Gasteiger charge is 2.31. The molecule has 0 heterocycles. The van der Waals surface area contributed by atoms with Gasteiger partial charge in [-0.25, -0.2) is 4.79 Å². The Hall–Kier alpha value is -3.51. The average Bonchev–Trinajstić information content (AvgIpc) is 2.82. The molecule has 9 N–H and O–H groups in total. The van der Waals surface area contributed by atoms with Crippen molar-refractivity contribution in [3.63, 3.8) is 0 Å². The maximum absolute atomic E-state index is 13.0. The van der Waals surface area contributed by atoms with Gasteiger partial charge in [-0.2, -0.15) is 0 Å². The Labute approximate surface area is 216 Å². The van der Waals surface area contributed by atoms with Crippen LogP contribution in [0.5, 0.6) is 0 Å². The summed E-state index contributed by atoms with van der Waals surface area (Å²) in [5.74, 6) is -4.84. The number of carboxylic acids is 2. The van der Waals surface area contributed by atoms with Crippen LogP contribution in [-0.4, -0.2) is 70.6 Å². The number of carboxylic acid groups (broad SMARTS) is 2. The van der Waals surface area contributed by atoms with Gasteiger partial charge in [0.25, 0.3) is 0 Å². The van der Waals surface area contributed by atoms with Gasteiger partial charge >= 0.3 is 11.9 Å². The first-order valence-corrected chi connectivity index (χ1v) is 12.3. The standard InChI is InChI=1S/C25H39N5O7/c1-15(2)12-17(27)22(33)28-18(10-6-7-11-26)23(34)29-19(14-21(31)32)24(35)30-20(25(36)37)13-16-8-4-3-5-9-16/h3-5,8-9,15,17-20H,6-7,10-14,26-27H2,1-2H3,(H,28,33)(H,29,34)(H,30,35)(H,31,32)(H,36,37). The zero-order valence-corrected chi connectivity index (χ0v) is 21.3. The third-order valence-corrected chi connectivity index (χ3v) is 5.55. The van der Waals surface area contributed by atoms with E-state index < -0.39 is 60.2 Å². The number of amides is 3. The fourth-order valence-electron chi connectivity index (χ4n) is 3.63. The normalized spacial score (nSPS) is 14.2. The summed E-state index contributed by atoms with van der Waals surface area (Å²) in [5.41, 5.74) is 12.1. The number of nitrogens with two attached hydrogens (primary N) is 2. The van der Waals surface area contributed by atoms with E-state index in [4.69, 9.17) is 11.5 Å². The van der Waals surface area contributed by atoms with Crippen LogP contribution >= 0.6 is 0 Å². The van der Waals surface area contributed by atoms with Gasteiger partial charge in [-0.15, -0.1) is 0 Å². The third kappa shape index (κ3) is 12.3. The van der Waals surface area contributed by atoms with Gasteiger partial charge < -0.3 is 37.6 Å². The fourth-order valence-corrected chi connectivity index (χ4v) is 3.63. The highest BCUT2D eigenvalue weighted by molar-refractivity contribution is 5.95. The minimum absolute atomic E-state index is 0.0405. The predicted molar refractivity (Wildman–Crippen MR) is 136 cm³/mol. The van der Waals surface area contributed by atoms with Gasteiger partial charge in [0.15, 0.2) is 0 Å². The van der Waals surface area contributed by atoms with Crippen molar-refractivity contribution in [3.05, 3.63) is 35.9 Å². The first-order chi connectivity index (χ1) is 17.4. The first-order valence-electron chi connectivity index (χ1n) is 12.3. The monoisotopic (exact) mass is 521 g/mol. The van der Waals surface area contributed by atoms with Crippen LogP contribution in [0.25, 0.3) is 0 Å². The van der Waals surface area contributed by atoms with E-state index in [9.17, 15) is 34.2 Å². The second-order valence-corrected chi connectivity index (χ2v) is 9.33. The summed E-state index contributed by atoms with van der Waals surface area (Å²) in [6.07, 6.45) is 0.826. The van der Waals surface area contributed by atoms with Crippen molar-refractivity contribution in [2.45, 2.75) is 76.5 Å². The van der Waals surface area contributed by atoms with E-state index in [-0.39, 0.29) is 18.8 Å². The molecule has 0 aliphatic carbocycles. The van der Waals surface area contributed by atoms with Crippen molar-refractivity contribution < 1.29 is 34.2 Å². The Bertz CT molecular complexity index is 910. The maximum atomic E-state index is 13.0. The lowest BCUT2D eigenvalue weighted by Crippen LogP contribution is -2.57. The highest BCUT2D eigenvalue weighted by atomic mass is 16.4. The lowest BCUT2D eigenvalue weighted by Gasteiger charge is -2.25. The molecular weight excluding hydrogens is 482 g/mol. The SMILES string of the molecule is CC(C)CC(N)C(=O)NC(CCCCN)C(=O)NC(CC(=O)O)C(=O)NC(Cc1ccccc1)C(=O)O. The number of unbranched alkanes of at least 4 members (excludes halogenated alkanes) is 1. The molecule has 4 atom stereocenters. The quantitative estimate of drug-likeness (QED) is 0.134. The summed E-state index contributed by atoms with van der Waals surface area (Å²) in [4.78, 5) is 61.6. The van der Waals surface area contributed by atoms with Crippen LogP contribution < -0.4 is 27.4 Å². The Kier molecular flexibility index (Phi) is 13.9. The van der Waals surface area contributed by atoms with Gasteiger partial charge in [0.05, 0.1) is 12.5 Å². The van der Waals surface area contributed by atoms with Crippen molar-refractivity contribution in [2.75, 3.05) is 6.54 Å². The van der Waals surface area contributed by atoms with E-state index in [1.165, 1.54) is 0 Å². The summed E-state index contributed by atoms with van der Waals surface area (Å²) >= 11 is 0. The Morgan fingerprint density at radius 1 is 0.838 bits per heavy atom. The largest absolute Gasteiger partial charge is 0.481 e. The molecule has 12 nitrogen and oxygen atoms in total. The molecular formula is C25H39N5O7. The van der Waals surface area contributed by atoms with Crippen LogP contribution in [0, 0.1) is 5.92 Å². The van der Waals surface area contributed by atoms with Gasteiger partial charge in [0.1, 0.15) is 18.1 Å². The summed E-state index contributed by atoms with van der Waals surface area (Å²) in [5, 5.41) is 26.1. The number of nitrogens with one attached hydrogen (secondary N) is 3. The Morgan fingerprint density at radius 3 is 1.95 bits per heavy atom. The minimum atomic E-state index is -1.57. The first kappa shape index (κ1) is 31.5. The molecule has 4 unspecified atom stereocenters. The van der Waals surface area contributed by atoms with E-state index in [0.717, 1.165) is 0 Å². The topological polar surface area (TPSA) is 214 Å². The van der Waals surface area contributed by atoms with Crippen LogP contribution in [0.2, 0.25) is 0 Å². The number of carbonyl (C=O) groups excluding carboxylic acids is 3. The number of carbonyl (C=O) groups is 5. The molecule has 3 amide bonds. The Morgan fingerprint density at radius 2 is 1.41 bits per heavy atom. The van der Waals surface area contributed by atoms with E-state index in [2.05, 4.69) is 16.0 Å². The van der Waals surface area contributed by atoms with Crippen LogP contribution in [0.1, 0.15) is 51.5 Å². The number of hydrogen-bond donors (Lipinski definition) is 7. The maximum Gasteiger partial charge on any atom is 0.326 e. The van der Waals surface area contributed by atoms with Crippen molar-refractivity contribution in [1.82, 2.24) is 16.0 Å². The van der Waals surface area contributed by atoms with Crippen molar-refractivity contribution in [2.24, 2.45) is 17.4 Å². The number of aliphatic carboxylic acids is 2. The number of benzene rings is 1. The van der Waals surface area contributed by atoms with Gasteiger partial charge in [0.2, 0.25) is 17.7 Å². The lowest BCUT2D eigenvalue weighted by molar-refractivity contribution is -0.143. The van der Waals surface area contributed by atoms with E-state index in [0.29, 0.717) is 31.4 Å². The zero-order valence-electron chi connectivity index (χ0n) is 21.3. The molecule has 0 saturated heterocycles. The van der Waals surface area contributed by atoms with Crippen molar-refractivity contribution >= 4 is 29.7 Å². The molecule has 206 valence electrons. The molecule has 1 rings (SSSR count). The van der Waals surface area contributed by atoms with Crippen LogP contribution in [0.15, 0.2) is 30.3 Å². The van der Waals surface area contributed by atoms with Gasteiger partial charge in [0, 0.05) is 6.42 Å². The van der Waals surface area contributed by atoms with Gasteiger partial charge in [-0.05, 0) is 43.7 Å². The smallest absolute Gasteiger partial charge is 0.326 e. The summed E-state index contributed by atoms with van der Waals surface area (Å²) in [7, 11) is 0. The molecule has 37 heavy (non-hydrogen) atoms. The molecule has 0 aromatic heterocycles. The van der Waals surface area contributed by atoms with E-state index in [1.54, 1.807) is 30.3 Å². The van der Waals surface area contributed by atoms with Gasteiger partial charge in [-0.3, -0.25) is 19.2 Å². The van der Waals surface area contributed by atoms with E-state index in [1.807, 2.05) is 13.8 Å². The van der Waals surface area contributed by atoms with E-state index >= 15 is 0 Å². The lowest BCUT2D eigenvalue weighted by atomic mass is 10.0. The van der Waals surface area contributed by atoms with Gasteiger partial charge in [-0.1, -0.05) is 44.2 Å². The van der Waals surface area contributed by atoms with Crippen molar-refractivity contribution in [1.29, 1.82) is 0 Å². The summed E-state index contributed by atoms with van der Waals surface area (Å²) in [6.45, 7) is 4.17. The zero-order chi connectivity index (χ0) is 28.0. The second-order valence-electron chi connectivity index (χ2n) is 9.33. The molecule has 0 spiro atoms. The predicted octanol–water partition coefficient (Wildman–Crippen LogP) is -0.255. The minimum Gasteiger partial charge on any atom is -0.481 e. The molecule has 0 fully saturated rings. The highest BCUT2D eigenvalue weighted by Crippen LogP contribution is 2.08. The van der Waals surface area contributed by atoms with Crippen LogP contribution in [0.4, 0.5) is 0 Å². The average molecular weight is 522 g/mol. The summed E-state index contributed by atoms with van der Waals surface area (Å²) in [6, 6.07) is 3.73. The molecule has 0 aliphatic rings. The second kappa shape index (κ2) is 16.3. The molecule has 1 aromatic carbocycles. The molecule has 0 aliphatic heterocycles.